The average molecular weight is 208 g/mol. The molecule has 2 aromatic heterocycles. The van der Waals surface area contributed by atoms with E-state index in [4.69, 9.17) is 10.2 Å². The van der Waals surface area contributed by atoms with Crippen LogP contribution in [0.25, 0.3) is 11.5 Å². The minimum Gasteiger partial charge on any atom is -0.463 e. The third-order valence-electron chi connectivity index (χ3n) is 2.05. The van der Waals surface area contributed by atoms with Crippen LogP contribution in [0.15, 0.2) is 28.2 Å². The number of nitrogens with two attached hydrogens (primary N) is 1. The van der Waals surface area contributed by atoms with E-state index in [1.165, 1.54) is 0 Å². The fourth-order valence-electron chi connectivity index (χ4n) is 1.17. The Hall–Kier alpha value is -1.13. The molecule has 0 aliphatic heterocycles. The second-order valence-corrected chi connectivity index (χ2v) is 3.95. The first-order valence-electron chi connectivity index (χ1n) is 4.56. The number of aromatic nitrogens is 1. The quantitative estimate of drug-likeness (QED) is 0.843. The molecule has 2 N–H and O–H groups in total. The maximum atomic E-state index is 5.88. The molecule has 1 unspecified atom stereocenters. The zero-order chi connectivity index (χ0) is 9.97. The molecule has 0 saturated carbocycles. The summed E-state index contributed by atoms with van der Waals surface area (Å²) in [5.74, 6) is 0.802. The molecular formula is C10H12N2OS. The third kappa shape index (κ3) is 1.71. The van der Waals surface area contributed by atoms with Gasteiger partial charge in [-0.05, 0) is 18.6 Å². The molecular weight excluding hydrogens is 196 g/mol. The average Bonchev–Trinajstić information content (AvgIpc) is 2.86. The topological polar surface area (TPSA) is 52.0 Å². The summed E-state index contributed by atoms with van der Waals surface area (Å²) in [5, 5.41) is 2.95. The van der Waals surface area contributed by atoms with Crippen molar-refractivity contribution < 1.29 is 4.42 Å². The Balaban J connectivity index is 2.26. The van der Waals surface area contributed by atoms with Crippen LogP contribution in [-0.4, -0.2) is 4.98 Å². The predicted octanol–water partition coefficient (Wildman–Crippen LogP) is 2.81. The van der Waals surface area contributed by atoms with Crippen LogP contribution in [0, 0.1) is 0 Å². The highest BCUT2D eigenvalue weighted by molar-refractivity contribution is 7.10. The van der Waals surface area contributed by atoms with E-state index in [1.807, 2.05) is 17.5 Å². The Kier molecular flexibility index (Phi) is 2.65. The number of thiazole rings is 1. The van der Waals surface area contributed by atoms with Crippen molar-refractivity contribution in [1.29, 1.82) is 0 Å². The van der Waals surface area contributed by atoms with Crippen molar-refractivity contribution in [3.8, 4) is 11.5 Å². The van der Waals surface area contributed by atoms with Crippen molar-refractivity contribution in [2.75, 3.05) is 0 Å². The fraction of sp³-hybridized carbons (Fsp3) is 0.300. The van der Waals surface area contributed by atoms with Crippen LogP contribution in [0.3, 0.4) is 0 Å². The molecule has 1 atom stereocenters. The van der Waals surface area contributed by atoms with E-state index in [-0.39, 0.29) is 6.04 Å². The van der Waals surface area contributed by atoms with Gasteiger partial charge in [0.15, 0.2) is 5.76 Å². The number of furan rings is 1. The molecule has 0 aromatic carbocycles. The first kappa shape index (κ1) is 9.43. The third-order valence-corrected chi connectivity index (χ3v) is 3.03. The summed E-state index contributed by atoms with van der Waals surface area (Å²) < 4.78 is 5.25. The fourth-order valence-corrected chi connectivity index (χ4v) is 2.06. The summed E-state index contributed by atoms with van der Waals surface area (Å²) in [6.45, 7) is 2.05. The number of rotatable bonds is 3. The summed E-state index contributed by atoms with van der Waals surface area (Å²) in [6, 6.07) is 3.80. The van der Waals surface area contributed by atoms with Crippen LogP contribution < -0.4 is 5.73 Å². The smallest absolute Gasteiger partial charge is 0.153 e. The van der Waals surface area contributed by atoms with Gasteiger partial charge in [-0.3, -0.25) is 0 Å². The van der Waals surface area contributed by atoms with E-state index in [0.29, 0.717) is 0 Å². The normalized spacial score (nSPS) is 13.0. The summed E-state index contributed by atoms with van der Waals surface area (Å²) in [5.41, 5.74) is 6.75. The van der Waals surface area contributed by atoms with Gasteiger partial charge >= 0.3 is 0 Å². The summed E-state index contributed by atoms with van der Waals surface area (Å²) in [7, 11) is 0. The van der Waals surface area contributed by atoms with Gasteiger partial charge in [-0.25, -0.2) is 4.98 Å². The highest BCUT2D eigenvalue weighted by atomic mass is 32.1. The van der Waals surface area contributed by atoms with Crippen molar-refractivity contribution >= 4 is 11.3 Å². The molecule has 0 radical (unpaired) electrons. The van der Waals surface area contributed by atoms with E-state index in [2.05, 4.69) is 11.9 Å². The minimum atomic E-state index is 0.0451. The van der Waals surface area contributed by atoms with Crippen molar-refractivity contribution in [2.24, 2.45) is 5.73 Å². The van der Waals surface area contributed by atoms with Gasteiger partial charge in [0.1, 0.15) is 10.7 Å². The molecule has 0 fully saturated rings. The van der Waals surface area contributed by atoms with Gasteiger partial charge in [0, 0.05) is 5.38 Å². The molecule has 0 aliphatic rings. The lowest BCUT2D eigenvalue weighted by atomic mass is 10.2. The van der Waals surface area contributed by atoms with Crippen molar-refractivity contribution in [1.82, 2.24) is 4.98 Å². The van der Waals surface area contributed by atoms with Crippen LogP contribution >= 0.6 is 11.3 Å². The zero-order valence-corrected chi connectivity index (χ0v) is 8.75. The maximum Gasteiger partial charge on any atom is 0.153 e. The van der Waals surface area contributed by atoms with Gasteiger partial charge in [-0.15, -0.1) is 11.3 Å². The Morgan fingerprint density at radius 2 is 2.50 bits per heavy atom. The first-order valence-corrected chi connectivity index (χ1v) is 5.44. The summed E-state index contributed by atoms with van der Waals surface area (Å²) >= 11 is 1.58. The maximum absolute atomic E-state index is 5.88. The van der Waals surface area contributed by atoms with Crippen molar-refractivity contribution in [3.05, 3.63) is 28.8 Å². The number of hydrogen-bond acceptors (Lipinski definition) is 4. The first-order chi connectivity index (χ1) is 6.81. The standard InChI is InChI=1S/C10H12N2OS/c1-2-7(11)10-12-8(6-14-10)9-4-3-5-13-9/h3-7H,2,11H2,1H3. The lowest BCUT2D eigenvalue weighted by Gasteiger charge is -2.01. The van der Waals surface area contributed by atoms with E-state index in [9.17, 15) is 0 Å². The van der Waals surface area contributed by atoms with E-state index in [0.717, 1.165) is 22.9 Å². The summed E-state index contributed by atoms with van der Waals surface area (Å²) in [4.78, 5) is 4.42. The van der Waals surface area contributed by atoms with Crippen LogP contribution in [0.2, 0.25) is 0 Å². The van der Waals surface area contributed by atoms with Crippen molar-refractivity contribution in [3.63, 3.8) is 0 Å². The SMILES string of the molecule is CCC(N)c1nc(-c2ccco2)cs1. The van der Waals surface area contributed by atoms with Gasteiger partial charge in [-0.1, -0.05) is 6.92 Å². The van der Waals surface area contributed by atoms with Gasteiger partial charge in [0.2, 0.25) is 0 Å². The lowest BCUT2D eigenvalue weighted by Crippen LogP contribution is -2.07. The molecule has 2 rings (SSSR count). The summed E-state index contributed by atoms with van der Waals surface area (Å²) in [6.07, 6.45) is 2.55. The number of nitrogens with zero attached hydrogens (tertiary/aromatic N) is 1. The van der Waals surface area contributed by atoms with Gasteiger partial charge in [0.05, 0.1) is 12.3 Å². The Morgan fingerprint density at radius 3 is 3.14 bits per heavy atom. The highest BCUT2D eigenvalue weighted by Gasteiger charge is 2.10. The molecule has 0 aliphatic carbocycles. The highest BCUT2D eigenvalue weighted by Crippen LogP contribution is 2.25. The molecule has 0 saturated heterocycles. The molecule has 74 valence electrons. The largest absolute Gasteiger partial charge is 0.463 e. The van der Waals surface area contributed by atoms with Crippen LogP contribution in [-0.2, 0) is 0 Å². The molecule has 0 spiro atoms. The van der Waals surface area contributed by atoms with Gasteiger partial charge in [0.25, 0.3) is 0 Å². The van der Waals surface area contributed by atoms with E-state index >= 15 is 0 Å². The van der Waals surface area contributed by atoms with E-state index in [1.54, 1.807) is 17.6 Å². The molecule has 2 aromatic rings. The molecule has 2 heterocycles. The monoisotopic (exact) mass is 208 g/mol. The molecule has 14 heavy (non-hydrogen) atoms. The van der Waals surface area contributed by atoms with Crippen LogP contribution in [0.5, 0.6) is 0 Å². The molecule has 0 amide bonds. The van der Waals surface area contributed by atoms with Gasteiger partial charge in [-0.2, -0.15) is 0 Å². The molecule has 0 bridgehead atoms. The second kappa shape index (κ2) is 3.94. The molecule has 3 nitrogen and oxygen atoms in total. The lowest BCUT2D eigenvalue weighted by molar-refractivity contribution is 0.579. The molecule has 4 heteroatoms. The second-order valence-electron chi connectivity index (χ2n) is 3.06. The van der Waals surface area contributed by atoms with Crippen molar-refractivity contribution in [2.45, 2.75) is 19.4 Å². The predicted molar refractivity (Wildman–Crippen MR) is 57.0 cm³/mol. The Bertz CT molecular complexity index is 394. The van der Waals surface area contributed by atoms with E-state index < -0.39 is 0 Å². The van der Waals surface area contributed by atoms with Crippen LogP contribution in [0.1, 0.15) is 24.4 Å². The van der Waals surface area contributed by atoms with Gasteiger partial charge < -0.3 is 10.2 Å². The minimum absolute atomic E-state index is 0.0451. The zero-order valence-electron chi connectivity index (χ0n) is 7.93. The van der Waals surface area contributed by atoms with Crippen LogP contribution in [0.4, 0.5) is 0 Å². The number of hydrogen-bond donors (Lipinski definition) is 1. The Labute approximate surface area is 86.6 Å². The Morgan fingerprint density at radius 1 is 1.64 bits per heavy atom.